The smallest absolute Gasteiger partial charge is 0.236 e. The lowest BCUT2D eigenvalue weighted by Gasteiger charge is -2.33. The molecule has 1 fully saturated rings. The third-order valence-electron chi connectivity index (χ3n) is 2.86. The maximum Gasteiger partial charge on any atom is 0.236 e. The molecule has 1 aliphatic heterocycles. The monoisotopic (exact) mass is 290 g/mol. The molecule has 0 saturated carbocycles. The molecule has 0 aromatic rings. The topological polar surface area (TPSA) is 40.6 Å². The maximum absolute atomic E-state index is 11.8. The van der Waals surface area contributed by atoms with Gasteiger partial charge in [-0.25, -0.2) is 0 Å². The molecule has 1 aliphatic rings. The van der Waals surface area contributed by atoms with Crippen molar-refractivity contribution in [2.45, 2.75) is 24.6 Å². The average Bonchev–Trinajstić information content (AvgIpc) is 2.26. The van der Waals surface area contributed by atoms with Gasteiger partial charge < -0.3 is 9.80 Å². The quantitative estimate of drug-likeness (QED) is 0.715. The zero-order valence-corrected chi connectivity index (χ0v) is 11.7. The first kappa shape index (κ1) is 13.5. The van der Waals surface area contributed by atoms with Gasteiger partial charge in [-0.1, -0.05) is 15.9 Å². The van der Waals surface area contributed by atoms with Crippen molar-refractivity contribution in [3.63, 3.8) is 0 Å². The Morgan fingerprint density at radius 1 is 1.44 bits per heavy atom. The molecule has 1 rings (SSSR count). The molecule has 92 valence electrons. The molecule has 1 saturated heterocycles. The lowest BCUT2D eigenvalue weighted by atomic mass is 9.96. The Hall–Kier alpha value is -0.580. The second-order valence-electron chi connectivity index (χ2n) is 4.47. The van der Waals surface area contributed by atoms with Crippen LogP contribution in [0.2, 0.25) is 0 Å². The van der Waals surface area contributed by atoms with Crippen LogP contribution in [0.5, 0.6) is 0 Å². The minimum atomic E-state index is -0.166. The number of likely N-dealkylation sites (tertiary alicyclic amines) is 1. The maximum atomic E-state index is 11.8. The van der Waals surface area contributed by atoms with E-state index in [1.54, 1.807) is 23.9 Å². The van der Waals surface area contributed by atoms with E-state index in [9.17, 15) is 9.59 Å². The zero-order chi connectivity index (χ0) is 12.3. The second-order valence-corrected chi connectivity index (χ2v) is 5.85. The summed E-state index contributed by atoms with van der Waals surface area (Å²) in [6.07, 6.45) is 1.80. The van der Waals surface area contributed by atoms with Crippen molar-refractivity contribution in [2.75, 3.05) is 27.2 Å². The van der Waals surface area contributed by atoms with Crippen LogP contribution in [0, 0.1) is 5.92 Å². The molecular weight excluding hydrogens is 272 g/mol. The Balaban J connectivity index is 2.60. The van der Waals surface area contributed by atoms with E-state index in [0.717, 1.165) is 19.4 Å². The van der Waals surface area contributed by atoms with Crippen LogP contribution in [0.15, 0.2) is 0 Å². The molecule has 2 atom stereocenters. The van der Waals surface area contributed by atoms with Gasteiger partial charge in [-0.15, -0.1) is 0 Å². The van der Waals surface area contributed by atoms with Crippen molar-refractivity contribution >= 4 is 27.7 Å². The van der Waals surface area contributed by atoms with Gasteiger partial charge in [0, 0.05) is 27.2 Å². The highest BCUT2D eigenvalue weighted by molar-refractivity contribution is 9.10. The molecule has 16 heavy (non-hydrogen) atoms. The lowest BCUT2D eigenvalue weighted by Crippen LogP contribution is -2.46. The fourth-order valence-corrected chi connectivity index (χ4v) is 2.29. The number of alkyl halides is 1. The predicted molar refractivity (Wildman–Crippen MR) is 66.4 cm³/mol. The van der Waals surface area contributed by atoms with Crippen molar-refractivity contribution in [3.8, 4) is 0 Å². The molecule has 0 bridgehead atoms. The Kier molecular flexibility index (Phi) is 4.77. The van der Waals surface area contributed by atoms with Crippen molar-refractivity contribution in [3.05, 3.63) is 0 Å². The van der Waals surface area contributed by atoms with E-state index in [4.69, 9.17) is 0 Å². The summed E-state index contributed by atoms with van der Waals surface area (Å²) in [7, 11) is 3.52. The van der Waals surface area contributed by atoms with E-state index in [-0.39, 0.29) is 22.6 Å². The Bertz CT molecular complexity index is 253. The van der Waals surface area contributed by atoms with Crippen molar-refractivity contribution in [1.82, 2.24) is 9.80 Å². The van der Waals surface area contributed by atoms with Gasteiger partial charge in [-0.05, 0) is 19.8 Å². The summed E-state index contributed by atoms with van der Waals surface area (Å²) >= 11 is 3.27. The minimum absolute atomic E-state index is 0.0288. The Morgan fingerprint density at radius 3 is 2.56 bits per heavy atom. The van der Waals surface area contributed by atoms with Crippen LogP contribution in [0.3, 0.4) is 0 Å². The number of halogens is 1. The Morgan fingerprint density at radius 2 is 2.06 bits per heavy atom. The summed E-state index contributed by atoms with van der Waals surface area (Å²) < 4.78 is 0. The average molecular weight is 291 g/mol. The van der Waals surface area contributed by atoms with Crippen LogP contribution < -0.4 is 0 Å². The number of carbonyl (C=O) groups excluding carboxylic acids is 2. The summed E-state index contributed by atoms with van der Waals surface area (Å²) in [6.45, 7) is 3.15. The van der Waals surface area contributed by atoms with Crippen molar-refractivity contribution < 1.29 is 9.59 Å². The molecule has 0 aromatic carbocycles. The molecule has 5 heteroatoms. The van der Waals surface area contributed by atoms with Gasteiger partial charge in [0.1, 0.15) is 0 Å². The predicted octanol–water partition coefficient (Wildman–Crippen LogP) is 1.10. The highest BCUT2D eigenvalue weighted by Crippen LogP contribution is 2.19. The fourth-order valence-electron chi connectivity index (χ4n) is 2.00. The van der Waals surface area contributed by atoms with Gasteiger partial charge in [0.2, 0.25) is 11.8 Å². The molecule has 0 spiro atoms. The first-order valence-electron chi connectivity index (χ1n) is 5.57. The number of rotatable bonds is 2. The highest BCUT2D eigenvalue weighted by Gasteiger charge is 2.30. The summed E-state index contributed by atoms with van der Waals surface area (Å²) in [5.41, 5.74) is 0. The number of nitrogens with zero attached hydrogens (tertiary/aromatic N) is 2. The highest BCUT2D eigenvalue weighted by atomic mass is 79.9. The normalized spacial score (nSPS) is 22.8. The van der Waals surface area contributed by atoms with Crippen molar-refractivity contribution in [2.24, 2.45) is 5.92 Å². The molecule has 0 radical (unpaired) electrons. The molecule has 2 amide bonds. The molecular formula is C11H19BrN2O2. The number of piperidine rings is 1. The van der Waals surface area contributed by atoms with E-state index in [1.165, 1.54) is 0 Å². The zero-order valence-electron chi connectivity index (χ0n) is 10.1. The fraction of sp³-hybridized carbons (Fsp3) is 0.818. The van der Waals surface area contributed by atoms with Crippen LogP contribution in [-0.4, -0.2) is 53.6 Å². The van der Waals surface area contributed by atoms with Crippen molar-refractivity contribution in [1.29, 1.82) is 0 Å². The van der Waals surface area contributed by atoms with Gasteiger partial charge in [-0.3, -0.25) is 9.59 Å². The third-order valence-corrected chi connectivity index (χ3v) is 3.26. The molecule has 4 nitrogen and oxygen atoms in total. The van der Waals surface area contributed by atoms with Gasteiger partial charge in [0.15, 0.2) is 0 Å². The van der Waals surface area contributed by atoms with E-state index in [0.29, 0.717) is 6.54 Å². The summed E-state index contributed by atoms with van der Waals surface area (Å²) in [5, 5.41) is 0. The second kappa shape index (κ2) is 5.66. The van der Waals surface area contributed by atoms with Gasteiger partial charge in [-0.2, -0.15) is 0 Å². The molecule has 0 N–H and O–H groups in total. The molecule has 0 unspecified atom stereocenters. The van der Waals surface area contributed by atoms with Gasteiger partial charge in [0.05, 0.1) is 10.7 Å². The summed E-state index contributed by atoms with van der Waals surface area (Å²) in [4.78, 5) is 26.8. The SMILES string of the molecule is C[C@H](Br)C(=O)N1CCC[C@@H](C(=O)N(C)C)C1. The lowest BCUT2D eigenvalue weighted by molar-refractivity contribution is -0.138. The molecule has 1 heterocycles. The van der Waals surface area contributed by atoms with E-state index in [2.05, 4.69) is 15.9 Å². The number of amides is 2. The largest absolute Gasteiger partial charge is 0.349 e. The third kappa shape index (κ3) is 3.20. The first-order valence-corrected chi connectivity index (χ1v) is 6.49. The van der Waals surface area contributed by atoms with E-state index >= 15 is 0 Å². The van der Waals surface area contributed by atoms with E-state index in [1.807, 2.05) is 6.92 Å². The standard InChI is InChI=1S/C11H19BrN2O2/c1-8(12)10(15)14-6-4-5-9(7-14)11(16)13(2)3/h8-9H,4-7H2,1-3H3/t8-,9+/m0/s1. The van der Waals surface area contributed by atoms with Gasteiger partial charge in [0.25, 0.3) is 0 Å². The van der Waals surface area contributed by atoms with Crippen LogP contribution in [0.1, 0.15) is 19.8 Å². The van der Waals surface area contributed by atoms with Gasteiger partial charge >= 0.3 is 0 Å². The summed E-state index contributed by atoms with van der Waals surface area (Å²) in [6, 6.07) is 0. The van der Waals surface area contributed by atoms with Crippen LogP contribution in [0.25, 0.3) is 0 Å². The van der Waals surface area contributed by atoms with E-state index < -0.39 is 0 Å². The number of carbonyl (C=O) groups is 2. The Labute approximate surface area is 105 Å². The van der Waals surface area contributed by atoms with Crippen LogP contribution in [-0.2, 0) is 9.59 Å². The van der Waals surface area contributed by atoms with Crippen LogP contribution in [0.4, 0.5) is 0 Å². The number of hydrogen-bond acceptors (Lipinski definition) is 2. The first-order chi connectivity index (χ1) is 7.43. The molecule has 0 aliphatic carbocycles. The molecule has 0 aromatic heterocycles. The summed E-state index contributed by atoms with van der Waals surface area (Å²) in [5.74, 6) is 0.176. The minimum Gasteiger partial charge on any atom is -0.349 e. The van der Waals surface area contributed by atoms with Crippen LogP contribution >= 0.6 is 15.9 Å². The number of hydrogen-bond donors (Lipinski definition) is 0.